The fourth-order valence-electron chi connectivity index (χ4n) is 3.41. The van der Waals surface area contributed by atoms with E-state index < -0.39 is 5.97 Å². The van der Waals surface area contributed by atoms with E-state index in [9.17, 15) is 9.59 Å². The Labute approximate surface area is 151 Å². The maximum atomic E-state index is 12.2. The van der Waals surface area contributed by atoms with Crippen molar-refractivity contribution in [3.8, 4) is 0 Å². The first kappa shape index (κ1) is 18.1. The van der Waals surface area contributed by atoms with Crippen molar-refractivity contribution < 1.29 is 14.7 Å². The zero-order valence-electron chi connectivity index (χ0n) is 14.0. The molecule has 0 saturated carbocycles. The first-order chi connectivity index (χ1) is 12.0. The van der Waals surface area contributed by atoms with Crippen LogP contribution < -0.4 is 10.6 Å². The molecule has 2 heterocycles. The number of hydrogen-bond acceptors (Lipinski definition) is 5. The quantitative estimate of drug-likeness (QED) is 0.719. The van der Waals surface area contributed by atoms with E-state index in [1.165, 1.54) is 18.6 Å². The average Bonchev–Trinajstić information content (AvgIpc) is 3.11. The SMILES string of the molecule is O=C(CN1CCN(C2CCNC2)CC1)Nc1ccc(Cl)c(C(=O)O)c1. The van der Waals surface area contributed by atoms with E-state index in [0.717, 1.165) is 39.3 Å². The third-order valence-corrected chi connectivity index (χ3v) is 5.13. The molecule has 1 unspecified atom stereocenters. The van der Waals surface area contributed by atoms with E-state index in [1.54, 1.807) is 6.07 Å². The number of rotatable bonds is 5. The Balaban J connectivity index is 1.48. The lowest BCUT2D eigenvalue weighted by atomic mass is 10.2. The van der Waals surface area contributed by atoms with Gasteiger partial charge in [-0.1, -0.05) is 11.6 Å². The van der Waals surface area contributed by atoms with Gasteiger partial charge in [0, 0.05) is 44.5 Å². The number of carbonyl (C=O) groups is 2. The Hall–Kier alpha value is -1.67. The molecule has 2 fully saturated rings. The molecule has 8 heteroatoms. The third kappa shape index (κ3) is 4.70. The number of carbonyl (C=O) groups excluding carboxylic acids is 1. The largest absolute Gasteiger partial charge is 0.478 e. The van der Waals surface area contributed by atoms with Crippen molar-refractivity contribution in [3.63, 3.8) is 0 Å². The Morgan fingerprint density at radius 3 is 2.68 bits per heavy atom. The van der Waals surface area contributed by atoms with Gasteiger partial charge in [0.1, 0.15) is 0 Å². The summed E-state index contributed by atoms with van der Waals surface area (Å²) in [7, 11) is 0. The summed E-state index contributed by atoms with van der Waals surface area (Å²) in [6.45, 7) is 6.14. The van der Waals surface area contributed by atoms with Crippen molar-refractivity contribution in [2.24, 2.45) is 0 Å². The molecule has 2 aliphatic rings. The molecule has 25 heavy (non-hydrogen) atoms. The van der Waals surface area contributed by atoms with Crippen LogP contribution in [-0.4, -0.2) is 78.6 Å². The highest BCUT2D eigenvalue weighted by Gasteiger charge is 2.26. The summed E-state index contributed by atoms with van der Waals surface area (Å²) < 4.78 is 0. The van der Waals surface area contributed by atoms with Gasteiger partial charge in [-0.2, -0.15) is 0 Å². The molecule has 2 aliphatic heterocycles. The normalized spacial score (nSPS) is 22.0. The van der Waals surface area contributed by atoms with Crippen LogP contribution in [0.5, 0.6) is 0 Å². The minimum atomic E-state index is -1.11. The van der Waals surface area contributed by atoms with Crippen molar-refractivity contribution >= 4 is 29.2 Å². The molecule has 1 aromatic carbocycles. The number of nitrogens with zero attached hydrogens (tertiary/aromatic N) is 2. The van der Waals surface area contributed by atoms with Crippen LogP contribution in [0.25, 0.3) is 0 Å². The third-order valence-electron chi connectivity index (χ3n) is 4.81. The predicted octanol–water partition coefficient (Wildman–Crippen LogP) is 0.956. The van der Waals surface area contributed by atoms with Crippen LogP contribution in [0.1, 0.15) is 16.8 Å². The second-order valence-corrected chi connectivity index (χ2v) is 6.91. The number of aromatic carboxylic acids is 1. The van der Waals surface area contributed by atoms with Crippen molar-refractivity contribution in [1.82, 2.24) is 15.1 Å². The standard InChI is InChI=1S/C17H23ClN4O3/c18-15-2-1-12(9-14(15)17(24)25)20-16(23)11-21-5-7-22(8-6-21)13-3-4-19-10-13/h1-2,9,13,19H,3-8,10-11H2,(H,20,23)(H,24,25). The average molecular weight is 367 g/mol. The highest BCUT2D eigenvalue weighted by molar-refractivity contribution is 6.33. The van der Waals surface area contributed by atoms with Gasteiger partial charge >= 0.3 is 5.97 Å². The van der Waals surface area contributed by atoms with Gasteiger partial charge in [-0.15, -0.1) is 0 Å². The van der Waals surface area contributed by atoms with Gasteiger partial charge in [-0.25, -0.2) is 4.79 Å². The highest BCUT2D eigenvalue weighted by atomic mass is 35.5. The molecule has 0 spiro atoms. The number of nitrogens with one attached hydrogen (secondary N) is 2. The summed E-state index contributed by atoms with van der Waals surface area (Å²) in [6.07, 6.45) is 1.20. The van der Waals surface area contributed by atoms with Gasteiger partial charge < -0.3 is 15.7 Å². The number of benzene rings is 1. The van der Waals surface area contributed by atoms with Crippen LogP contribution in [-0.2, 0) is 4.79 Å². The molecule has 3 rings (SSSR count). The molecular weight excluding hydrogens is 344 g/mol. The number of anilines is 1. The second kappa shape index (κ2) is 8.14. The van der Waals surface area contributed by atoms with E-state index in [1.807, 2.05) is 0 Å². The number of carboxylic acids is 1. The van der Waals surface area contributed by atoms with Gasteiger partial charge in [0.05, 0.1) is 17.1 Å². The zero-order chi connectivity index (χ0) is 17.8. The molecule has 1 atom stereocenters. The Bertz CT molecular complexity index is 641. The van der Waals surface area contributed by atoms with Gasteiger partial charge in [0.15, 0.2) is 0 Å². The number of piperazine rings is 1. The van der Waals surface area contributed by atoms with E-state index in [0.29, 0.717) is 18.3 Å². The molecule has 2 saturated heterocycles. The van der Waals surface area contributed by atoms with Crippen LogP contribution in [0.2, 0.25) is 5.02 Å². The molecular formula is C17H23ClN4O3. The first-order valence-corrected chi connectivity index (χ1v) is 8.90. The predicted molar refractivity (Wildman–Crippen MR) is 96.3 cm³/mol. The summed E-state index contributed by atoms with van der Waals surface area (Å²) >= 11 is 5.84. The van der Waals surface area contributed by atoms with Crippen molar-refractivity contribution in [2.75, 3.05) is 51.1 Å². The van der Waals surface area contributed by atoms with Crippen LogP contribution in [0.15, 0.2) is 18.2 Å². The lowest BCUT2D eigenvalue weighted by molar-refractivity contribution is -0.117. The summed E-state index contributed by atoms with van der Waals surface area (Å²) in [6, 6.07) is 5.10. The summed E-state index contributed by atoms with van der Waals surface area (Å²) in [5.41, 5.74) is 0.431. The van der Waals surface area contributed by atoms with Crippen molar-refractivity contribution in [1.29, 1.82) is 0 Å². The van der Waals surface area contributed by atoms with Crippen molar-refractivity contribution in [2.45, 2.75) is 12.5 Å². The lowest BCUT2D eigenvalue weighted by Gasteiger charge is -2.37. The molecule has 0 aliphatic carbocycles. The molecule has 0 radical (unpaired) electrons. The molecule has 3 N–H and O–H groups in total. The van der Waals surface area contributed by atoms with Gasteiger partial charge in [-0.05, 0) is 31.2 Å². The molecule has 1 aromatic rings. The van der Waals surface area contributed by atoms with E-state index >= 15 is 0 Å². The monoisotopic (exact) mass is 366 g/mol. The topological polar surface area (TPSA) is 84.9 Å². The first-order valence-electron chi connectivity index (χ1n) is 8.53. The minimum absolute atomic E-state index is 0.0155. The van der Waals surface area contributed by atoms with Crippen LogP contribution in [0.4, 0.5) is 5.69 Å². The Morgan fingerprint density at radius 1 is 1.28 bits per heavy atom. The van der Waals surface area contributed by atoms with Gasteiger partial charge in [0.2, 0.25) is 5.91 Å². The van der Waals surface area contributed by atoms with Crippen LogP contribution in [0.3, 0.4) is 0 Å². The molecule has 136 valence electrons. The fraction of sp³-hybridized carbons (Fsp3) is 0.529. The van der Waals surface area contributed by atoms with E-state index in [-0.39, 0.29) is 16.5 Å². The molecule has 0 aromatic heterocycles. The smallest absolute Gasteiger partial charge is 0.337 e. The number of hydrogen-bond donors (Lipinski definition) is 3. The van der Waals surface area contributed by atoms with E-state index in [2.05, 4.69) is 20.4 Å². The molecule has 0 bridgehead atoms. The Kier molecular flexibility index (Phi) is 5.90. The van der Waals surface area contributed by atoms with Crippen LogP contribution >= 0.6 is 11.6 Å². The summed E-state index contributed by atoms with van der Waals surface area (Å²) in [5.74, 6) is -1.26. The van der Waals surface area contributed by atoms with Crippen molar-refractivity contribution in [3.05, 3.63) is 28.8 Å². The maximum absolute atomic E-state index is 12.2. The molecule has 1 amide bonds. The fourth-order valence-corrected chi connectivity index (χ4v) is 3.61. The number of halogens is 1. The maximum Gasteiger partial charge on any atom is 0.337 e. The minimum Gasteiger partial charge on any atom is -0.478 e. The van der Waals surface area contributed by atoms with Gasteiger partial charge in [-0.3, -0.25) is 14.6 Å². The Morgan fingerprint density at radius 2 is 2.04 bits per heavy atom. The summed E-state index contributed by atoms with van der Waals surface area (Å²) in [5, 5.41) is 15.4. The second-order valence-electron chi connectivity index (χ2n) is 6.51. The van der Waals surface area contributed by atoms with Gasteiger partial charge in [0.25, 0.3) is 0 Å². The highest BCUT2D eigenvalue weighted by Crippen LogP contribution is 2.20. The molecule has 7 nitrogen and oxygen atoms in total. The summed E-state index contributed by atoms with van der Waals surface area (Å²) in [4.78, 5) is 27.9. The zero-order valence-corrected chi connectivity index (χ0v) is 14.8. The number of amides is 1. The van der Waals surface area contributed by atoms with E-state index in [4.69, 9.17) is 16.7 Å². The lowest BCUT2D eigenvalue weighted by Crippen LogP contribution is -2.52. The van der Waals surface area contributed by atoms with Crippen LogP contribution in [0, 0.1) is 0 Å². The number of carboxylic acid groups (broad SMARTS) is 1.